The molecule has 4 aliphatic carbocycles. The largest absolute Gasteiger partial charge is 0.0628 e. The van der Waals surface area contributed by atoms with E-state index in [1.807, 2.05) is 0 Å². The van der Waals surface area contributed by atoms with Crippen molar-refractivity contribution < 1.29 is 0 Å². The Morgan fingerprint density at radius 1 is 0.786 bits per heavy atom. The lowest BCUT2D eigenvalue weighted by Crippen LogP contribution is -2.53. The van der Waals surface area contributed by atoms with Crippen LogP contribution in [0.5, 0.6) is 0 Å². The molecule has 0 aliphatic heterocycles. The van der Waals surface area contributed by atoms with Crippen molar-refractivity contribution in [3.63, 3.8) is 0 Å². The second-order valence-electron chi connectivity index (χ2n) is 13.1. The first kappa shape index (κ1) is 21.2. The molecule has 0 radical (unpaired) electrons. The number of rotatable bonds is 5. The van der Waals surface area contributed by atoms with Crippen LogP contribution >= 0.6 is 0 Å². The van der Waals surface area contributed by atoms with Crippen LogP contribution in [-0.2, 0) is 0 Å². The fourth-order valence-corrected chi connectivity index (χ4v) is 9.50. The van der Waals surface area contributed by atoms with E-state index >= 15 is 0 Å². The molecule has 9 atom stereocenters. The van der Waals surface area contributed by atoms with Crippen molar-refractivity contribution in [2.75, 3.05) is 0 Å². The summed E-state index contributed by atoms with van der Waals surface area (Å²) in [5.41, 5.74) is 1.36. The Morgan fingerprint density at radius 2 is 1.50 bits per heavy atom. The lowest BCUT2D eigenvalue weighted by Gasteiger charge is -2.61. The van der Waals surface area contributed by atoms with Crippen LogP contribution in [0.2, 0.25) is 0 Å². The van der Waals surface area contributed by atoms with Crippen LogP contribution in [0.3, 0.4) is 0 Å². The third kappa shape index (κ3) is 3.51. The van der Waals surface area contributed by atoms with Gasteiger partial charge in [0, 0.05) is 0 Å². The van der Waals surface area contributed by atoms with Crippen LogP contribution < -0.4 is 0 Å². The van der Waals surface area contributed by atoms with Gasteiger partial charge in [0.1, 0.15) is 0 Å². The quantitative estimate of drug-likeness (QED) is 0.443. The van der Waals surface area contributed by atoms with Crippen molar-refractivity contribution in [1.82, 2.24) is 0 Å². The van der Waals surface area contributed by atoms with Crippen LogP contribution in [0.15, 0.2) is 0 Å². The summed E-state index contributed by atoms with van der Waals surface area (Å²) in [6.45, 7) is 15.4. The predicted octanol–water partition coefficient (Wildman–Crippen LogP) is 8.74. The summed E-state index contributed by atoms with van der Waals surface area (Å²) in [5, 5.41) is 0. The van der Waals surface area contributed by atoms with E-state index in [1.165, 1.54) is 32.1 Å². The van der Waals surface area contributed by atoms with E-state index in [-0.39, 0.29) is 0 Å². The summed E-state index contributed by atoms with van der Waals surface area (Å²) in [7, 11) is 0. The average Bonchev–Trinajstić information content (AvgIpc) is 2.99. The minimum absolute atomic E-state index is 0.670. The Morgan fingerprint density at radius 3 is 2.25 bits per heavy atom. The zero-order valence-corrected chi connectivity index (χ0v) is 20.1. The van der Waals surface area contributed by atoms with E-state index in [9.17, 15) is 0 Å². The van der Waals surface area contributed by atoms with Gasteiger partial charge in [0.05, 0.1) is 0 Å². The summed E-state index contributed by atoms with van der Waals surface area (Å²) < 4.78 is 0. The van der Waals surface area contributed by atoms with E-state index < -0.39 is 0 Å². The Labute approximate surface area is 177 Å². The molecule has 0 aromatic carbocycles. The van der Waals surface area contributed by atoms with Gasteiger partial charge in [-0.25, -0.2) is 0 Å². The molecule has 0 spiro atoms. The first-order valence-electron chi connectivity index (χ1n) is 13.3. The fraction of sp³-hybridized carbons (Fsp3) is 1.00. The molecule has 0 unspecified atom stereocenters. The minimum atomic E-state index is 0.670. The van der Waals surface area contributed by atoms with Gasteiger partial charge in [0.15, 0.2) is 0 Å². The van der Waals surface area contributed by atoms with Gasteiger partial charge in [-0.2, -0.15) is 0 Å². The van der Waals surface area contributed by atoms with Crippen molar-refractivity contribution in [2.24, 2.45) is 58.2 Å². The number of fused-ring (bicyclic) bond motifs is 5. The molecule has 4 aliphatic rings. The molecule has 162 valence electrons. The van der Waals surface area contributed by atoms with Crippen LogP contribution in [0.4, 0.5) is 0 Å². The smallest absolute Gasteiger partial charge is 0.0264 e. The van der Waals surface area contributed by atoms with E-state index in [2.05, 4.69) is 41.5 Å². The van der Waals surface area contributed by atoms with Gasteiger partial charge in [-0.1, -0.05) is 67.2 Å². The maximum atomic E-state index is 2.75. The fourth-order valence-electron chi connectivity index (χ4n) is 9.50. The monoisotopic (exact) mass is 386 g/mol. The molecule has 4 fully saturated rings. The van der Waals surface area contributed by atoms with Gasteiger partial charge in [0.2, 0.25) is 0 Å². The van der Waals surface area contributed by atoms with Crippen molar-refractivity contribution in [3.8, 4) is 0 Å². The highest BCUT2D eigenvalue weighted by molar-refractivity contribution is 5.09. The van der Waals surface area contributed by atoms with Gasteiger partial charge in [-0.3, -0.25) is 0 Å². The maximum absolute atomic E-state index is 2.75. The van der Waals surface area contributed by atoms with E-state index in [4.69, 9.17) is 0 Å². The molecular weight excluding hydrogens is 336 g/mol. The van der Waals surface area contributed by atoms with Crippen LogP contribution in [0.1, 0.15) is 119 Å². The first-order valence-corrected chi connectivity index (χ1v) is 13.3. The zero-order valence-electron chi connectivity index (χ0n) is 20.1. The summed E-state index contributed by atoms with van der Waals surface area (Å²) in [5.74, 6) is 8.08. The molecule has 0 aromatic heterocycles. The predicted molar refractivity (Wildman–Crippen MR) is 122 cm³/mol. The molecule has 28 heavy (non-hydrogen) atoms. The second kappa shape index (κ2) is 7.92. The average molecular weight is 387 g/mol. The van der Waals surface area contributed by atoms with E-state index in [0.717, 1.165) is 47.3 Å². The van der Waals surface area contributed by atoms with Crippen molar-refractivity contribution in [3.05, 3.63) is 0 Å². The molecule has 4 saturated carbocycles. The molecule has 0 nitrogen and oxygen atoms in total. The Hall–Kier alpha value is 0. The van der Waals surface area contributed by atoms with Crippen molar-refractivity contribution >= 4 is 0 Å². The third-order valence-corrected chi connectivity index (χ3v) is 11.1. The molecule has 0 N–H and O–H groups in total. The Balaban J connectivity index is 1.46. The second-order valence-corrected chi connectivity index (χ2v) is 13.1. The summed E-state index contributed by atoms with van der Waals surface area (Å²) >= 11 is 0. The molecule has 0 amide bonds. The van der Waals surface area contributed by atoms with Gasteiger partial charge in [0.25, 0.3) is 0 Å². The maximum Gasteiger partial charge on any atom is -0.0264 e. The highest BCUT2D eigenvalue weighted by Gasteiger charge is 2.60. The van der Waals surface area contributed by atoms with Crippen LogP contribution in [0.25, 0.3) is 0 Å². The lowest BCUT2D eigenvalue weighted by molar-refractivity contribution is -0.120. The summed E-state index contributed by atoms with van der Waals surface area (Å²) in [6.07, 6.45) is 18.3. The Bertz CT molecular complexity index is 534. The lowest BCUT2D eigenvalue weighted by atomic mass is 9.44. The molecule has 0 aromatic rings. The van der Waals surface area contributed by atoms with Gasteiger partial charge >= 0.3 is 0 Å². The molecule has 0 bridgehead atoms. The summed E-state index contributed by atoms with van der Waals surface area (Å²) in [4.78, 5) is 0. The molecule has 0 saturated heterocycles. The topological polar surface area (TPSA) is 0 Å². The van der Waals surface area contributed by atoms with Crippen molar-refractivity contribution in [2.45, 2.75) is 119 Å². The third-order valence-electron chi connectivity index (χ3n) is 11.1. The van der Waals surface area contributed by atoms with E-state index in [0.29, 0.717) is 10.8 Å². The van der Waals surface area contributed by atoms with Crippen LogP contribution in [0, 0.1) is 58.2 Å². The van der Waals surface area contributed by atoms with Gasteiger partial charge in [-0.15, -0.1) is 0 Å². The minimum Gasteiger partial charge on any atom is -0.0628 e. The van der Waals surface area contributed by atoms with Crippen LogP contribution in [-0.4, -0.2) is 0 Å². The normalized spacial score (nSPS) is 49.4. The molecule has 0 heterocycles. The highest BCUT2D eigenvalue weighted by Crippen LogP contribution is 2.68. The standard InChI is InChI=1S/C28H50/c1-19(2)8-7-9-21(4)24-12-13-25-23-11-10-22-18-20(3)14-16-27(22,5)26(23)15-17-28(24,25)6/h19-26H,7-18H2,1-6H3/t20-,21-,22+,23+,24-,25+,26+,27+,28-/m1/s1. The zero-order chi connectivity index (χ0) is 20.1. The number of hydrogen-bond acceptors (Lipinski definition) is 0. The summed E-state index contributed by atoms with van der Waals surface area (Å²) in [6, 6.07) is 0. The van der Waals surface area contributed by atoms with Gasteiger partial charge < -0.3 is 0 Å². The van der Waals surface area contributed by atoms with Gasteiger partial charge in [-0.05, 0) is 110 Å². The van der Waals surface area contributed by atoms with Crippen molar-refractivity contribution in [1.29, 1.82) is 0 Å². The Kier molecular flexibility index (Phi) is 6.01. The van der Waals surface area contributed by atoms with E-state index in [1.54, 1.807) is 44.9 Å². The molecule has 4 rings (SSSR count). The first-order chi connectivity index (χ1) is 13.3. The number of hydrogen-bond donors (Lipinski definition) is 0. The molecule has 0 heteroatoms. The highest BCUT2D eigenvalue weighted by atomic mass is 14.6. The molecular formula is C28H50. The SMILES string of the molecule is CC(C)CCC[C@@H](C)[C@H]1CC[C@H]2[C@@H]3CC[C@H]4C[C@H](C)CC[C@]4(C)[C@H]3CC[C@]12C.